The van der Waals surface area contributed by atoms with E-state index in [1.165, 1.54) is 19.2 Å². The largest absolute Gasteiger partial charge is 0.489 e. The van der Waals surface area contributed by atoms with Crippen LogP contribution in [0.1, 0.15) is 16.8 Å². The highest BCUT2D eigenvalue weighted by Gasteiger charge is 2.29. The van der Waals surface area contributed by atoms with Crippen LogP contribution in [0.5, 0.6) is 11.5 Å². The Balaban J connectivity index is 2.09. The van der Waals surface area contributed by atoms with Crippen LogP contribution in [0.4, 0.5) is 10.5 Å². The molecular formula is C16H22N4O7. The van der Waals surface area contributed by atoms with Gasteiger partial charge < -0.3 is 19.9 Å². The minimum Gasteiger partial charge on any atom is -0.489 e. The van der Waals surface area contributed by atoms with Crippen LogP contribution in [0, 0.1) is 10.1 Å². The second-order valence-corrected chi connectivity index (χ2v) is 5.72. The van der Waals surface area contributed by atoms with Gasteiger partial charge in [-0.15, -0.1) is 0 Å². The van der Waals surface area contributed by atoms with Crippen LogP contribution in [0.25, 0.3) is 0 Å². The Hall–Kier alpha value is -2.92. The number of nitrogens with zero attached hydrogens (tertiary/aromatic N) is 2. The number of nitrogens with two attached hydrogens (primary N) is 1. The van der Waals surface area contributed by atoms with E-state index in [2.05, 4.69) is 4.90 Å². The molecule has 1 aromatic rings. The molecule has 0 radical (unpaired) electrons. The first kappa shape index (κ1) is 20.4. The quantitative estimate of drug-likeness (QED) is 0.376. The molecule has 0 aromatic heterocycles. The van der Waals surface area contributed by atoms with Crippen molar-refractivity contribution in [2.45, 2.75) is 6.42 Å². The fourth-order valence-electron chi connectivity index (χ4n) is 2.70. The van der Waals surface area contributed by atoms with Crippen molar-refractivity contribution in [1.82, 2.24) is 10.2 Å². The lowest BCUT2D eigenvalue weighted by Crippen LogP contribution is -2.37. The van der Waals surface area contributed by atoms with E-state index in [4.69, 9.17) is 19.9 Å². The van der Waals surface area contributed by atoms with Gasteiger partial charge in [-0.25, -0.2) is 4.79 Å². The summed E-state index contributed by atoms with van der Waals surface area (Å²) < 4.78 is 16.0. The highest BCUT2D eigenvalue weighted by Crippen LogP contribution is 2.39. The number of ether oxygens (including phenoxy) is 3. The molecule has 0 aliphatic carbocycles. The van der Waals surface area contributed by atoms with Crippen molar-refractivity contribution in [2.24, 2.45) is 5.73 Å². The maximum atomic E-state index is 12.0. The number of carbonyl (C=O) groups excluding carboxylic acids is 2. The van der Waals surface area contributed by atoms with E-state index in [9.17, 15) is 19.7 Å². The van der Waals surface area contributed by atoms with E-state index in [-0.39, 0.29) is 17.1 Å². The molecule has 3 amide bonds. The highest BCUT2D eigenvalue weighted by atomic mass is 16.6. The Kier molecular flexibility index (Phi) is 7.32. The standard InChI is InChI=1S/C16H22N4O7/c1-25-14-12(27-8-2-5-19-6-9-26-10-7-19)4-3-11(13(14)20(23)24)15(21)18-16(17)22/h3-4H,2,5-10H2,1H3,(H3,17,18,21,22). The summed E-state index contributed by atoms with van der Waals surface area (Å²) in [7, 11) is 1.23. The summed E-state index contributed by atoms with van der Waals surface area (Å²) in [6.45, 7) is 4.26. The van der Waals surface area contributed by atoms with Crippen LogP contribution in [0.2, 0.25) is 0 Å². The summed E-state index contributed by atoms with van der Waals surface area (Å²) in [4.78, 5) is 35.7. The first-order valence-corrected chi connectivity index (χ1v) is 8.33. The molecule has 3 N–H and O–H groups in total. The minimum absolute atomic E-state index is 0.141. The van der Waals surface area contributed by atoms with Crippen LogP contribution < -0.4 is 20.5 Å². The molecule has 1 saturated heterocycles. The van der Waals surface area contributed by atoms with Gasteiger partial charge in [0.05, 0.1) is 31.9 Å². The maximum absolute atomic E-state index is 12.0. The van der Waals surface area contributed by atoms with Gasteiger partial charge in [-0.05, 0) is 18.6 Å². The van der Waals surface area contributed by atoms with Gasteiger partial charge in [-0.2, -0.15) is 0 Å². The molecule has 27 heavy (non-hydrogen) atoms. The molecule has 1 aliphatic heterocycles. The maximum Gasteiger partial charge on any atom is 0.327 e. The number of amides is 3. The second-order valence-electron chi connectivity index (χ2n) is 5.72. The van der Waals surface area contributed by atoms with Crippen molar-refractivity contribution in [3.63, 3.8) is 0 Å². The lowest BCUT2D eigenvalue weighted by Gasteiger charge is -2.26. The fourth-order valence-corrected chi connectivity index (χ4v) is 2.70. The molecule has 0 atom stereocenters. The van der Waals surface area contributed by atoms with Crippen LogP contribution >= 0.6 is 0 Å². The minimum atomic E-state index is -1.11. The number of methoxy groups -OCH3 is 1. The van der Waals surface area contributed by atoms with Crippen LogP contribution in [-0.2, 0) is 4.74 Å². The zero-order valence-electron chi connectivity index (χ0n) is 14.9. The molecule has 0 spiro atoms. The van der Waals surface area contributed by atoms with Gasteiger partial charge in [-0.3, -0.25) is 25.1 Å². The van der Waals surface area contributed by atoms with E-state index in [1.54, 1.807) is 5.32 Å². The molecule has 11 nitrogen and oxygen atoms in total. The third-order valence-corrected chi connectivity index (χ3v) is 3.94. The summed E-state index contributed by atoms with van der Waals surface area (Å²) in [5.74, 6) is -1.04. The average molecular weight is 382 g/mol. The number of rotatable bonds is 8. The number of carbonyl (C=O) groups is 2. The van der Waals surface area contributed by atoms with E-state index >= 15 is 0 Å². The Morgan fingerprint density at radius 3 is 2.67 bits per heavy atom. The number of nitro groups is 1. The molecule has 1 heterocycles. The number of urea groups is 1. The number of imide groups is 1. The van der Waals surface area contributed by atoms with E-state index < -0.39 is 22.5 Å². The van der Waals surface area contributed by atoms with E-state index in [0.29, 0.717) is 26.2 Å². The summed E-state index contributed by atoms with van der Waals surface area (Å²) in [5.41, 5.74) is 3.95. The van der Waals surface area contributed by atoms with Gasteiger partial charge in [0.1, 0.15) is 5.56 Å². The summed E-state index contributed by atoms with van der Waals surface area (Å²) in [6.07, 6.45) is 0.709. The van der Waals surface area contributed by atoms with Gasteiger partial charge in [0.15, 0.2) is 5.75 Å². The predicted octanol–water partition coefficient (Wildman–Crippen LogP) is 0.513. The van der Waals surface area contributed by atoms with Gasteiger partial charge in [0, 0.05) is 19.6 Å². The lowest BCUT2D eigenvalue weighted by molar-refractivity contribution is -0.386. The molecule has 11 heteroatoms. The van der Waals surface area contributed by atoms with Crippen LogP contribution in [-0.4, -0.2) is 68.3 Å². The molecule has 1 aromatic carbocycles. The smallest absolute Gasteiger partial charge is 0.327 e. The summed E-state index contributed by atoms with van der Waals surface area (Å²) in [5, 5.41) is 13.2. The average Bonchev–Trinajstić information content (AvgIpc) is 2.64. The lowest BCUT2D eigenvalue weighted by atomic mass is 10.1. The molecule has 0 unspecified atom stereocenters. The van der Waals surface area contributed by atoms with Gasteiger partial charge in [0.25, 0.3) is 5.91 Å². The zero-order valence-corrected chi connectivity index (χ0v) is 14.9. The number of benzene rings is 1. The monoisotopic (exact) mass is 382 g/mol. The van der Waals surface area contributed by atoms with Crippen molar-refractivity contribution >= 4 is 17.6 Å². The van der Waals surface area contributed by atoms with Crippen molar-refractivity contribution in [1.29, 1.82) is 0 Å². The van der Waals surface area contributed by atoms with E-state index in [0.717, 1.165) is 19.6 Å². The third kappa shape index (κ3) is 5.53. The van der Waals surface area contributed by atoms with Crippen molar-refractivity contribution in [3.8, 4) is 11.5 Å². The number of morpholine rings is 1. The molecule has 2 rings (SSSR count). The van der Waals surface area contributed by atoms with Gasteiger partial charge in [-0.1, -0.05) is 0 Å². The van der Waals surface area contributed by atoms with Gasteiger partial charge >= 0.3 is 11.7 Å². The topological polar surface area (TPSA) is 146 Å². The zero-order chi connectivity index (χ0) is 19.8. The highest BCUT2D eigenvalue weighted by molar-refractivity contribution is 6.07. The number of hydrogen-bond acceptors (Lipinski definition) is 8. The van der Waals surface area contributed by atoms with Crippen LogP contribution in [0.3, 0.4) is 0 Å². The number of hydrogen-bond donors (Lipinski definition) is 2. The molecule has 148 valence electrons. The molecule has 0 saturated carbocycles. The Labute approximate surface area is 155 Å². The normalized spacial score (nSPS) is 14.4. The second kappa shape index (κ2) is 9.69. The van der Waals surface area contributed by atoms with E-state index in [1.807, 2.05) is 0 Å². The summed E-state index contributed by atoms with van der Waals surface area (Å²) >= 11 is 0. The Bertz CT molecular complexity index is 704. The van der Waals surface area contributed by atoms with Crippen molar-refractivity contribution in [3.05, 3.63) is 27.8 Å². The van der Waals surface area contributed by atoms with Gasteiger partial charge in [0.2, 0.25) is 5.75 Å². The first-order chi connectivity index (χ1) is 12.9. The molecule has 0 bridgehead atoms. The number of nitrogens with one attached hydrogen (secondary N) is 1. The molecular weight excluding hydrogens is 360 g/mol. The van der Waals surface area contributed by atoms with Crippen molar-refractivity contribution in [2.75, 3.05) is 46.6 Å². The number of primary amides is 1. The Morgan fingerprint density at radius 1 is 1.37 bits per heavy atom. The predicted molar refractivity (Wildman–Crippen MR) is 94.1 cm³/mol. The summed E-state index contributed by atoms with van der Waals surface area (Å²) in [6, 6.07) is 1.46. The third-order valence-electron chi connectivity index (χ3n) is 3.94. The number of nitro benzene ring substituents is 1. The SMILES string of the molecule is COc1c(OCCCN2CCOCC2)ccc(C(=O)NC(N)=O)c1[N+](=O)[O-]. The molecule has 1 aliphatic rings. The fraction of sp³-hybridized carbons (Fsp3) is 0.500. The molecule has 1 fully saturated rings. The first-order valence-electron chi connectivity index (χ1n) is 8.33. The van der Waals surface area contributed by atoms with Crippen LogP contribution in [0.15, 0.2) is 12.1 Å². The van der Waals surface area contributed by atoms with Crippen molar-refractivity contribution < 1.29 is 28.7 Å². The Morgan fingerprint density at radius 2 is 2.07 bits per heavy atom.